The van der Waals surface area contributed by atoms with Crippen molar-refractivity contribution in [2.75, 3.05) is 13.2 Å². The predicted octanol–water partition coefficient (Wildman–Crippen LogP) is 3.83. The Morgan fingerprint density at radius 1 is 1.08 bits per heavy atom. The third-order valence-electron chi connectivity index (χ3n) is 6.22. The number of aliphatic hydroxyl groups excluding tert-OH is 1. The van der Waals surface area contributed by atoms with Crippen molar-refractivity contribution in [1.82, 2.24) is 0 Å². The number of para-hydroxylation sites is 1. The van der Waals surface area contributed by atoms with Gasteiger partial charge in [0, 0.05) is 5.54 Å². The molecule has 2 aromatic carbocycles. The third-order valence-corrected chi connectivity index (χ3v) is 6.22. The van der Waals surface area contributed by atoms with Gasteiger partial charge in [-0.2, -0.15) is 0 Å². The number of fused-ring (bicyclic) bond motifs is 1. The van der Waals surface area contributed by atoms with Crippen molar-refractivity contribution in [3.63, 3.8) is 0 Å². The summed E-state index contributed by atoms with van der Waals surface area (Å²) < 4.78 is 5.96. The average Bonchev–Trinajstić information content (AvgIpc) is 3.09. The van der Waals surface area contributed by atoms with Gasteiger partial charge in [0.15, 0.2) is 0 Å². The van der Waals surface area contributed by atoms with Crippen LogP contribution in [0.15, 0.2) is 48.5 Å². The second-order valence-electron chi connectivity index (χ2n) is 8.22. The lowest BCUT2D eigenvalue weighted by molar-refractivity contribution is 0.198. The van der Waals surface area contributed by atoms with Gasteiger partial charge in [-0.1, -0.05) is 36.4 Å². The van der Waals surface area contributed by atoms with E-state index >= 15 is 0 Å². The number of aryl methyl sites for hydroxylation is 1. The van der Waals surface area contributed by atoms with Gasteiger partial charge in [-0.25, -0.2) is 0 Å². The molecule has 2 aromatic rings. The van der Waals surface area contributed by atoms with E-state index < -0.39 is 0 Å². The van der Waals surface area contributed by atoms with E-state index in [1.54, 1.807) is 0 Å². The molecule has 26 heavy (non-hydrogen) atoms. The summed E-state index contributed by atoms with van der Waals surface area (Å²) >= 11 is 0. The van der Waals surface area contributed by atoms with Crippen LogP contribution in [0, 0.1) is 5.92 Å². The quantitative estimate of drug-likeness (QED) is 0.861. The smallest absolute Gasteiger partial charge is 0.119 e. The summed E-state index contributed by atoms with van der Waals surface area (Å²) in [6.07, 6.45) is 6.33. The Bertz CT molecular complexity index is 745. The Morgan fingerprint density at radius 2 is 1.92 bits per heavy atom. The molecule has 4 rings (SSSR count). The number of aliphatic hydroxyl groups is 1. The van der Waals surface area contributed by atoms with Gasteiger partial charge >= 0.3 is 0 Å². The van der Waals surface area contributed by atoms with Crippen LogP contribution in [-0.4, -0.2) is 23.9 Å². The Hall–Kier alpha value is -1.84. The van der Waals surface area contributed by atoms with E-state index in [1.807, 2.05) is 30.3 Å². The largest absolute Gasteiger partial charge is 0.493 e. The molecule has 0 radical (unpaired) electrons. The molecule has 3 heteroatoms. The van der Waals surface area contributed by atoms with Crippen molar-refractivity contribution in [3.8, 4) is 5.75 Å². The monoisotopic (exact) mass is 351 g/mol. The van der Waals surface area contributed by atoms with E-state index in [-0.39, 0.29) is 12.1 Å². The predicted molar refractivity (Wildman–Crippen MR) is 104 cm³/mol. The summed E-state index contributed by atoms with van der Waals surface area (Å²) in [6, 6.07) is 17.1. The molecule has 0 aromatic heterocycles. The molecule has 2 aliphatic rings. The summed E-state index contributed by atoms with van der Waals surface area (Å²) in [5.74, 6) is 2.05. The first-order valence-electron chi connectivity index (χ1n) is 9.84. The summed E-state index contributed by atoms with van der Waals surface area (Å²) in [5, 5.41) is 9.51. The van der Waals surface area contributed by atoms with Gasteiger partial charge in [0.25, 0.3) is 0 Å². The van der Waals surface area contributed by atoms with Gasteiger partial charge in [-0.3, -0.25) is 0 Å². The molecule has 0 spiro atoms. The Morgan fingerprint density at radius 3 is 2.69 bits per heavy atom. The highest BCUT2D eigenvalue weighted by atomic mass is 16.5. The first-order valence-corrected chi connectivity index (χ1v) is 9.84. The normalized spacial score (nSPS) is 27.9. The second kappa shape index (κ2) is 7.42. The summed E-state index contributed by atoms with van der Waals surface area (Å²) in [5.41, 5.74) is 10.3. The highest BCUT2D eigenvalue weighted by Gasteiger charge is 2.36. The minimum atomic E-state index is -0.375. The summed E-state index contributed by atoms with van der Waals surface area (Å²) in [4.78, 5) is 0. The van der Waals surface area contributed by atoms with Gasteiger partial charge in [0.1, 0.15) is 5.75 Å². The highest BCUT2D eigenvalue weighted by Crippen LogP contribution is 2.40. The van der Waals surface area contributed by atoms with Gasteiger partial charge in [-0.15, -0.1) is 0 Å². The van der Waals surface area contributed by atoms with Crippen molar-refractivity contribution in [2.45, 2.75) is 50.0 Å². The molecule has 1 saturated carbocycles. The number of nitrogens with two attached hydrogens (primary N) is 1. The molecule has 0 aliphatic heterocycles. The maximum Gasteiger partial charge on any atom is 0.119 e. The number of rotatable bonds is 5. The molecular formula is C23H29NO2. The molecule has 0 amide bonds. The minimum Gasteiger partial charge on any atom is -0.493 e. The lowest BCUT2D eigenvalue weighted by Crippen LogP contribution is -2.40. The molecular weight excluding hydrogens is 322 g/mol. The molecule has 0 bridgehead atoms. The fourth-order valence-corrected chi connectivity index (χ4v) is 4.56. The number of hydrogen-bond donors (Lipinski definition) is 2. The van der Waals surface area contributed by atoms with Crippen LogP contribution in [0.4, 0.5) is 0 Å². The zero-order chi connectivity index (χ0) is 18.0. The van der Waals surface area contributed by atoms with E-state index in [0.29, 0.717) is 11.8 Å². The third kappa shape index (κ3) is 3.79. The van der Waals surface area contributed by atoms with Gasteiger partial charge < -0.3 is 15.6 Å². The molecule has 138 valence electrons. The maximum absolute atomic E-state index is 9.51. The second-order valence-corrected chi connectivity index (χ2v) is 8.22. The summed E-state index contributed by atoms with van der Waals surface area (Å²) in [6.45, 7) is 0.886. The minimum absolute atomic E-state index is 0.0948. The maximum atomic E-state index is 9.51. The van der Waals surface area contributed by atoms with Gasteiger partial charge in [0.05, 0.1) is 13.2 Å². The Kier molecular flexibility index (Phi) is 5.01. The average molecular weight is 351 g/mol. The molecule has 2 aliphatic carbocycles. The number of ether oxygens (including phenoxy) is 1. The van der Waals surface area contributed by atoms with Crippen LogP contribution in [0.1, 0.15) is 48.3 Å². The topological polar surface area (TPSA) is 55.5 Å². The number of benzene rings is 2. The first-order chi connectivity index (χ1) is 12.6. The van der Waals surface area contributed by atoms with Crippen LogP contribution in [0.5, 0.6) is 5.75 Å². The Labute approximate surface area is 156 Å². The van der Waals surface area contributed by atoms with Crippen LogP contribution in [0.25, 0.3) is 0 Å². The zero-order valence-electron chi connectivity index (χ0n) is 15.4. The van der Waals surface area contributed by atoms with E-state index in [9.17, 15) is 5.11 Å². The Balaban J connectivity index is 1.38. The van der Waals surface area contributed by atoms with Crippen molar-refractivity contribution >= 4 is 0 Å². The van der Waals surface area contributed by atoms with Crippen LogP contribution in [0.2, 0.25) is 0 Å². The van der Waals surface area contributed by atoms with Crippen LogP contribution in [0.3, 0.4) is 0 Å². The lowest BCUT2D eigenvalue weighted by Gasteiger charge is -2.26. The van der Waals surface area contributed by atoms with Crippen molar-refractivity contribution in [2.24, 2.45) is 11.7 Å². The van der Waals surface area contributed by atoms with E-state index in [4.69, 9.17) is 10.5 Å². The molecule has 0 heterocycles. The molecule has 1 fully saturated rings. The van der Waals surface area contributed by atoms with E-state index in [1.165, 1.54) is 23.1 Å². The van der Waals surface area contributed by atoms with Crippen molar-refractivity contribution < 1.29 is 9.84 Å². The molecule has 1 unspecified atom stereocenters. The molecule has 3 nitrogen and oxygen atoms in total. The molecule has 3 atom stereocenters. The highest BCUT2D eigenvalue weighted by molar-refractivity contribution is 5.36. The first kappa shape index (κ1) is 17.6. The van der Waals surface area contributed by atoms with Gasteiger partial charge in [0.2, 0.25) is 0 Å². The zero-order valence-corrected chi connectivity index (χ0v) is 15.4. The van der Waals surface area contributed by atoms with E-state index in [0.717, 1.165) is 44.5 Å². The van der Waals surface area contributed by atoms with Crippen LogP contribution < -0.4 is 10.5 Å². The van der Waals surface area contributed by atoms with Gasteiger partial charge in [-0.05, 0) is 79.2 Å². The van der Waals surface area contributed by atoms with E-state index in [2.05, 4.69) is 18.2 Å². The lowest BCUT2D eigenvalue weighted by atomic mass is 9.82. The van der Waals surface area contributed by atoms with Crippen molar-refractivity contribution in [3.05, 3.63) is 65.2 Å². The molecule has 3 N–H and O–H groups in total. The fraction of sp³-hybridized carbons (Fsp3) is 0.478. The standard InChI is InChI=1S/C23H29NO2/c24-23(16-25)11-10-21(14-23)20-9-8-18-12-17(6-7-19(18)13-20)15-26-22-4-2-1-3-5-22/h1-5,8-9,13,17,21,25H,6-7,10-12,14-16,24H2/t17?,21-,23+/m0/s1. The molecule has 0 saturated heterocycles. The van der Waals surface area contributed by atoms with Crippen molar-refractivity contribution in [1.29, 1.82) is 0 Å². The number of hydrogen-bond acceptors (Lipinski definition) is 3. The van der Waals surface area contributed by atoms with Crippen LogP contribution in [-0.2, 0) is 12.8 Å². The SMILES string of the molecule is N[C@]1(CO)CC[C@H](c2ccc3c(c2)CCC(COc2ccccc2)C3)C1. The fourth-order valence-electron chi connectivity index (χ4n) is 4.56. The van der Waals surface area contributed by atoms with Crippen LogP contribution >= 0.6 is 0 Å². The summed E-state index contributed by atoms with van der Waals surface area (Å²) in [7, 11) is 0.